The number of anilines is 2. The first kappa shape index (κ1) is 25.4. The van der Waals surface area contributed by atoms with Crippen LogP contribution in [0.15, 0.2) is 47.6 Å². The highest BCUT2D eigenvalue weighted by Gasteiger charge is 2.47. The molecule has 0 spiro atoms. The minimum atomic E-state index is -5.59. The molecule has 11 nitrogen and oxygen atoms in total. The minimum Gasteiger partial charge on any atom is -0.308 e. The lowest BCUT2D eigenvalue weighted by Crippen LogP contribution is -2.34. The number of hydrogen-bond donors (Lipinski definition) is 2. The number of halogens is 3. The first-order chi connectivity index (χ1) is 15.7. The number of rotatable bonds is 7. The van der Waals surface area contributed by atoms with Gasteiger partial charge in [0.05, 0.1) is 29.0 Å². The van der Waals surface area contributed by atoms with Crippen LogP contribution in [-0.4, -0.2) is 57.3 Å². The third-order valence-corrected chi connectivity index (χ3v) is 7.49. The van der Waals surface area contributed by atoms with Gasteiger partial charge in [-0.25, -0.2) is 22.8 Å². The molecule has 1 aromatic heterocycles. The van der Waals surface area contributed by atoms with Crippen molar-refractivity contribution in [3.8, 4) is 0 Å². The second-order valence-corrected chi connectivity index (χ2v) is 10.6. The normalized spacial score (nSPS) is 17.4. The van der Waals surface area contributed by atoms with E-state index in [-0.39, 0.29) is 17.9 Å². The molecule has 1 aliphatic rings. The molecule has 1 fully saturated rings. The van der Waals surface area contributed by atoms with Crippen molar-refractivity contribution in [2.24, 2.45) is 0 Å². The van der Waals surface area contributed by atoms with Gasteiger partial charge < -0.3 is 4.90 Å². The number of hydrogen-bond acceptors (Lipinski definition) is 7. The van der Waals surface area contributed by atoms with Gasteiger partial charge in [0.25, 0.3) is 26.0 Å². The van der Waals surface area contributed by atoms with Crippen LogP contribution in [0.2, 0.25) is 0 Å². The molecule has 3 rings (SSSR count). The van der Waals surface area contributed by atoms with Crippen LogP contribution in [0.5, 0.6) is 0 Å². The molecule has 16 heteroatoms. The van der Waals surface area contributed by atoms with Crippen LogP contribution in [0.3, 0.4) is 0 Å². The Hall–Kier alpha value is -3.24. The molecule has 1 unspecified atom stereocenters. The van der Waals surface area contributed by atoms with Gasteiger partial charge in [-0.2, -0.15) is 21.6 Å². The van der Waals surface area contributed by atoms with Gasteiger partial charge in [-0.15, -0.1) is 0 Å². The number of aromatic nitrogens is 1. The molecule has 1 aliphatic heterocycles. The Kier molecular flexibility index (Phi) is 6.60. The molecule has 184 valence electrons. The standard InChI is InChI=1S/C18H18F3N5O6S2/c1-11-16(27)26(13-3-5-14(6-4-13)33(29,30)18(19,20)21)17(28)25(11)10-12-7-8-23-9-15(12)24-34(31,32)22-2/h3-9,11,22,24H,10H2,1-2H3. The van der Waals surface area contributed by atoms with E-state index in [0.29, 0.717) is 22.6 Å². The third kappa shape index (κ3) is 4.69. The third-order valence-electron chi connectivity index (χ3n) is 4.96. The zero-order valence-electron chi connectivity index (χ0n) is 17.6. The maximum atomic E-state index is 13.0. The number of alkyl halides is 3. The first-order valence-corrected chi connectivity index (χ1v) is 12.4. The molecule has 1 atom stereocenters. The molecule has 2 aromatic rings. The monoisotopic (exact) mass is 521 g/mol. The number of carbonyl (C=O) groups excluding carboxylic acids is 2. The molecule has 3 amide bonds. The fourth-order valence-corrected chi connectivity index (χ4v) is 4.43. The van der Waals surface area contributed by atoms with Crippen LogP contribution in [-0.2, 0) is 31.4 Å². The highest BCUT2D eigenvalue weighted by atomic mass is 32.2. The van der Waals surface area contributed by atoms with Gasteiger partial charge in [0, 0.05) is 13.2 Å². The molecule has 1 aromatic carbocycles. The summed E-state index contributed by atoms with van der Waals surface area (Å²) in [6.45, 7) is 1.22. The van der Waals surface area contributed by atoms with Crippen molar-refractivity contribution in [1.82, 2.24) is 14.6 Å². The second kappa shape index (κ2) is 8.84. The zero-order valence-corrected chi connectivity index (χ0v) is 19.2. The van der Waals surface area contributed by atoms with E-state index in [0.717, 1.165) is 17.0 Å². The molecule has 1 saturated heterocycles. The SMILES string of the molecule is CNS(=O)(=O)Nc1cnccc1CN1C(=O)N(c2ccc(S(=O)(=O)C(F)(F)F)cc2)C(=O)C1C. The number of sulfone groups is 1. The highest BCUT2D eigenvalue weighted by molar-refractivity contribution is 7.92. The first-order valence-electron chi connectivity index (χ1n) is 9.40. The summed E-state index contributed by atoms with van der Waals surface area (Å²) in [4.78, 5) is 30.4. The largest absolute Gasteiger partial charge is 0.501 e. The van der Waals surface area contributed by atoms with Crippen molar-refractivity contribution in [3.63, 3.8) is 0 Å². The predicted octanol–water partition coefficient (Wildman–Crippen LogP) is 1.61. The quantitative estimate of drug-likeness (QED) is 0.527. The Balaban J connectivity index is 1.89. The maximum absolute atomic E-state index is 13.0. The molecule has 2 N–H and O–H groups in total. The van der Waals surface area contributed by atoms with Crippen LogP contribution in [0.1, 0.15) is 12.5 Å². The summed E-state index contributed by atoms with van der Waals surface area (Å²) in [5.41, 5.74) is -5.26. The smallest absolute Gasteiger partial charge is 0.308 e. The summed E-state index contributed by atoms with van der Waals surface area (Å²) < 4.78 is 89.3. The van der Waals surface area contributed by atoms with E-state index in [4.69, 9.17) is 0 Å². The van der Waals surface area contributed by atoms with Crippen molar-refractivity contribution >= 4 is 43.4 Å². The van der Waals surface area contributed by atoms with Crippen LogP contribution in [0, 0.1) is 0 Å². The lowest BCUT2D eigenvalue weighted by atomic mass is 10.2. The average molecular weight is 521 g/mol. The maximum Gasteiger partial charge on any atom is 0.501 e. The molecule has 0 saturated carbocycles. The van der Waals surface area contributed by atoms with Gasteiger partial charge >= 0.3 is 11.5 Å². The summed E-state index contributed by atoms with van der Waals surface area (Å²) in [5, 5.41) is 0. The Morgan fingerprint density at radius 3 is 2.24 bits per heavy atom. The Bertz CT molecular complexity index is 1330. The van der Waals surface area contributed by atoms with Crippen molar-refractivity contribution in [2.45, 2.75) is 29.9 Å². The second-order valence-electron chi connectivity index (χ2n) is 7.05. The lowest BCUT2D eigenvalue weighted by Gasteiger charge is -2.21. The van der Waals surface area contributed by atoms with E-state index in [2.05, 4.69) is 14.4 Å². The van der Waals surface area contributed by atoms with E-state index >= 15 is 0 Å². The van der Waals surface area contributed by atoms with Crippen LogP contribution >= 0.6 is 0 Å². The van der Waals surface area contributed by atoms with Crippen molar-refractivity contribution < 1.29 is 39.6 Å². The van der Waals surface area contributed by atoms with Gasteiger partial charge in [-0.05, 0) is 42.8 Å². The molecule has 0 radical (unpaired) electrons. The summed E-state index contributed by atoms with van der Waals surface area (Å²) in [6, 6.07) is 2.75. The lowest BCUT2D eigenvalue weighted by molar-refractivity contribution is -0.119. The number of imide groups is 1. The van der Waals surface area contributed by atoms with Crippen molar-refractivity contribution in [2.75, 3.05) is 16.7 Å². The number of pyridine rings is 1. The Morgan fingerprint density at radius 2 is 1.68 bits per heavy atom. The van der Waals surface area contributed by atoms with Gasteiger partial charge in [0.1, 0.15) is 6.04 Å². The molecular formula is C18H18F3N5O6S2. The average Bonchev–Trinajstić information content (AvgIpc) is 2.97. The number of benzene rings is 1. The number of nitrogens with one attached hydrogen (secondary N) is 2. The van der Waals surface area contributed by atoms with Gasteiger partial charge in [0.2, 0.25) is 0 Å². The molecular weight excluding hydrogens is 503 g/mol. The van der Waals surface area contributed by atoms with Crippen LogP contribution in [0.25, 0.3) is 0 Å². The number of amides is 3. The number of urea groups is 1. The number of nitrogens with zero attached hydrogens (tertiary/aromatic N) is 3. The summed E-state index contributed by atoms with van der Waals surface area (Å²) in [5.74, 6) is -0.706. The van der Waals surface area contributed by atoms with E-state index in [9.17, 15) is 39.6 Å². The summed E-state index contributed by atoms with van der Waals surface area (Å²) in [7, 11) is -8.30. The van der Waals surface area contributed by atoms with E-state index in [1.54, 1.807) is 0 Å². The van der Waals surface area contributed by atoms with Crippen molar-refractivity contribution in [1.29, 1.82) is 0 Å². The van der Waals surface area contributed by atoms with E-state index in [1.165, 1.54) is 32.4 Å². The minimum absolute atomic E-state index is 0.0597. The van der Waals surface area contributed by atoms with Gasteiger partial charge in [-0.1, -0.05) is 0 Å². The van der Waals surface area contributed by atoms with Crippen molar-refractivity contribution in [3.05, 3.63) is 48.3 Å². The van der Waals surface area contributed by atoms with E-state index < -0.39 is 48.4 Å². The van der Waals surface area contributed by atoms with E-state index in [1.807, 2.05) is 0 Å². The zero-order chi connectivity index (χ0) is 25.5. The Labute approximate surface area is 192 Å². The number of carbonyl (C=O) groups is 2. The molecule has 34 heavy (non-hydrogen) atoms. The topological polar surface area (TPSA) is 146 Å². The van der Waals surface area contributed by atoms with Crippen LogP contribution in [0.4, 0.5) is 29.3 Å². The molecule has 0 aliphatic carbocycles. The summed E-state index contributed by atoms with van der Waals surface area (Å²) >= 11 is 0. The fourth-order valence-electron chi connectivity index (χ4n) is 3.09. The predicted molar refractivity (Wildman–Crippen MR) is 113 cm³/mol. The summed E-state index contributed by atoms with van der Waals surface area (Å²) in [6.07, 6.45) is 2.58. The highest BCUT2D eigenvalue weighted by Crippen LogP contribution is 2.33. The fraction of sp³-hybridized carbons (Fsp3) is 0.278. The molecule has 0 bridgehead atoms. The van der Waals surface area contributed by atoms with Gasteiger partial charge in [0.15, 0.2) is 0 Å². The molecule has 2 heterocycles. The van der Waals surface area contributed by atoms with Crippen LogP contribution < -0.4 is 14.3 Å². The Morgan fingerprint density at radius 1 is 1.06 bits per heavy atom. The van der Waals surface area contributed by atoms with Gasteiger partial charge in [-0.3, -0.25) is 14.5 Å².